The minimum absolute atomic E-state index is 0.0821. The molecule has 0 bridgehead atoms. The lowest BCUT2D eigenvalue weighted by Crippen LogP contribution is -2.46. The summed E-state index contributed by atoms with van der Waals surface area (Å²) in [4.78, 5) is 24.4. The van der Waals surface area contributed by atoms with E-state index in [4.69, 9.17) is 5.73 Å². The number of carbonyl (C=O) groups is 2. The standard InChI is InChI=1S/C15H20N2O2/c1-10-7-12(9-18)4-6-14(10)17-8-13(15(16)19)5-3-11(17)2/h4,6-7,9,11,13H,3,5,8H2,1-2H3,(H2,16,19). The highest BCUT2D eigenvalue weighted by atomic mass is 16.1. The summed E-state index contributed by atoms with van der Waals surface area (Å²) in [5.41, 5.74) is 8.25. The first-order chi connectivity index (χ1) is 9.02. The number of hydrogen-bond donors (Lipinski definition) is 1. The van der Waals surface area contributed by atoms with Gasteiger partial charge in [0.05, 0.1) is 5.92 Å². The number of nitrogens with two attached hydrogens (primary N) is 1. The molecule has 1 amide bonds. The van der Waals surface area contributed by atoms with Gasteiger partial charge in [0, 0.05) is 23.8 Å². The number of hydrogen-bond acceptors (Lipinski definition) is 3. The monoisotopic (exact) mass is 260 g/mol. The number of piperidine rings is 1. The number of nitrogens with zero attached hydrogens (tertiary/aromatic N) is 1. The van der Waals surface area contributed by atoms with E-state index in [1.807, 2.05) is 25.1 Å². The summed E-state index contributed by atoms with van der Waals surface area (Å²) in [5, 5.41) is 0. The highest BCUT2D eigenvalue weighted by molar-refractivity contribution is 5.79. The molecule has 2 unspecified atom stereocenters. The Labute approximate surface area is 113 Å². The molecule has 0 radical (unpaired) electrons. The van der Waals surface area contributed by atoms with Crippen molar-refractivity contribution in [2.24, 2.45) is 11.7 Å². The third-order valence-corrected chi connectivity index (χ3v) is 3.95. The summed E-state index contributed by atoms with van der Waals surface area (Å²) < 4.78 is 0. The number of aldehydes is 1. The zero-order chi connectivity index (χ0) is 14.0. The van der Waals surface area contributed by atoms with Gasteiger partial charge in [-0.3, -0.25) is 9.59 Å². The fraction of sp³-hybridized carbons (Fsp3) is 0.467. The molecular formula is C15H20N2O2. The molecule has 1 aromatic carbocycles. The second kappa shape index (κ2) is 5.43. The third kappa shape index (κ3) is 2.78. The number of aryl methyl sites for hydroxylation is 1. The Bertz CT molecular complexity index is 499. The Morgan fingerprint density at radius 2 is 2.16 bits per heavy atom. The molecule has 102 valence electrons. The maximum absolute atomic E-state index is 11.4. The van der Waals surface area contributed by atoms with Crippen molar-refractivity contribution in [3.63, 3.8) is 0 Å². The fourth-order valence-electron chi connectivity index (χ4n) is 2.75. The van der Waals surface area contributed by atoms with Crippen LogP contribution in [0.2, 0.25) is 0 Å². The third-order valence-electron chi connectivity index (χ3n) is 3.95. The number of primary amides is 1. The Morgan fingerprint density at radius 3 is 2.74 bits per heavy atom. The molecule has 1 aromatic rings. The molecule has 2 atom stereocenters. The normalized spacial score (nSPS) is 23.2. The van der Waals surface area contributed by atoms with Crippen LogP contribution in [-0.4, -0.2) is 24.8 Å². The van der Waals surface area contributed by atoms with Crippen LogP contribution < -0.4 is 10.6 Å². The average molecular weight is 260 g/mol. The van der Waals surface area contributed by atoms with E-state index in [0.29, 0.717) is 18.2 Å². The van der Waals surface area contributed by atoms with E-state index in [-0.39, 0.29) is 11.8 Å². The van der Waals surface area contributed by atoms with Gasteiger partial charge < -0.3 is 10.6 Å². The Balaban J connectivity index is 2.28. The van der Waals surface area contributed by atoms with Gasteiger partial charge in [-0.2, -0.15) is 0 Å². The minimum atomic E-state index is -0.223. The molecule has 1 fully saturated rings. The van der Waals surface area contributed by atoms with Crippen LogP contribution in [0, 0.1) is 12.8 Å². The Kier molecular flexibility index (Phi) is 3.88. The van der Waals surface area contributed by atoms with Crippen molar-refractivity contribution in [1.82, 2.24) is 0 Å². The van der Waals surface area contributed by atoms with Crippen molar-refractivity contribution in [2.75, 3.05) is 11.4 Å². The van der Waals surface area contributed by atoms with Crippen LogP contribution in [0.5, 0.6) is 0 Å². The fourth-order valence-corrected chi connectivity index (χ4v) is 2.75. The summed E-state index contributed by atoms with van der Waals surface area (Å²) in [5.74, 6) is -0.305. The van der Waals surface area contributed by atoms with Crippen LogP contribution in [0.4, 0.5) is 5.69 Å². The zero-order valence-corrected chi connectivity index (χ0v) is 11.4. The molecule has 1 aliphatic heterocycles. The first-order valence-corrected chi connectivity index (χ1v) is 6.64. The van der Waals surface area contributed by atoms with Crippen LogP contribution in [0.1, 0.15) is 35.7 Å². The van der Waals surface area contributed by atoms with Gasteiger partial charge in [-0.1, -0.05) is 0 Å². The van der Waals surface area contributed by atoms with Crippen molar-refractivity contribution in [3.05, 3.63) is 29.3 Å². The number of carbonyl (C=O) groups excluding carboxylic acids is 2. The zero-order valence-electron chi connectivity index (χ0n) is 11.4. The predicted molar refractivity (Wildman–Crippen MR) is 75.3 cm³/mol. The molecule has 0 saturated carbocycles. The van der Waals surface area contributed by atoms with E-state index in [1.165, 1.54) is 0 Å². The Morgan fingerprint density at radius 1 is 1.42 bits per heavy atom. The maximum Gasteiger partial charge on any atom is 0.222 e. The SMILES string of the molecule is Cc1cc(C=O)ccc1N1CC(C(N)=O)CCC1C. The molecule has 4 heteroatoms. The van der Waals surface area contributed by atoms with Gasteiger partial charge in [-0.25, -0.2) is 0 Å². The molecule has 19 heavy (non-hydrogen) atoms. The van der Waals surface area contributed by atoms with Crippen molar-refractivity contribution < 1.29 is 9.59 Å². The van der Waals surface area contributed by atoms with Gasteiger partial charge in [0.25, 0.3) is 0 Å². The van der Waals surface area contributed by atoms with Crippen LogP contribution in [0.3, 0.4) is 0 Å². The summed E-state index contributed by atoms with van der Waals surface area (Å²) in [6.45, 7) is 4.81. The van der Waals surface area contributed by atoms with Crippen LogP contribution in [0.15, 0.2) is 18.2 Å². The molecule has 0 aromatic heterocycles. The second-order valence-electron chi connectivity index (χ2n) is 5.34. The summed E-state index contributed by atoms with van der Waals surface area (Å²) in [6, 6.07) is 6.04. The quantitative estimate of drug-likeness (QED) is 0.844. The van der Waals surface area contributed by atoms with Gasteiger partial charge in [-0.05, 0) is 50.5 Å². The number of rotatable bonds is 3. The lowest BCUT2D eigenvalue weighted by atomic mass is 9.91. The number of amides is 1. The Hall–Kier alpha value is -1.84. The number of anilines is 1. The second-order valence-corrected chi connectivity index (χ2v) is 5.34. The maximum atomic E-state index is 11.4. The van der Waals surface area contributed by atoms with Gasteiger partial charge in [0.1, 0.15) is 6.29 Å². The van der Waals surface area contributed by atoms with E-state index >= 15 is 0 Å². The molecule has 0 spiro atoms. The van der Waals surface area contributed by atoms with E-state index in [9.17, 15) is 9.59 Å². The van der Waals surface area contributed by atoms with Gasteiger partial charge in [0.2, 0.25) is 5.91 Å². The van der Waals surface area contributed by atoms with E-state index in [1.54, 1.807) is 0 Å². The molecule has 1 aliphatic rings. The highest BCUT2D eigenvalue weighted by Crippen LogP contribution is 2.30. The first-order valence-electron chi connectivity index (χ1n) is 6.64. The molecule has 2 rings (SSSR count). The van der Waals surface area contributed by atoms with E-state index < -0.39 is 0 Å². The van der Waals surface area contributed by atoms with Crippen molar-refractivity contribution in [1.29, 1.82) is 0 Å². The molecule has 4 nitrogen and oxygen atoms in total. The highest BCUT2D eigenvalue weighted by Gasteiger charge is 2.29. The topological polar surface area (TPSA) is 63.4 Å². The van der Waals surface area contributed by atoms with Gasteiger partial charge in [0.15, 0.2) is 0 Å². The summed E-state index contributed by atoms with van der Waals surface area (Å²) >= 11 is 0. The van der Waals surface area contributed by atoms with Crippen molar-refractivity contribution in [2.45, 2.75) is 32.7 Å². The minimum Gasteiger partial charge on any atom is -0.369 e. The lowest BCUT2D eigenvalue weighted by molar-refractivity contribution is -0.122. The number of benzene rings is 1. The largest absolute Gasteiger partial charge is 0.369 e. The summed E-state index contributed by atoms with van der Waals surface area (Å²) in [6.07, 6.45) is 2.67. The van der Waals surface area contributed by atoms with E-state index in [2.05, 4.69) is 11.8 Å². The molecule has 1 heterocycles. The van der Waals surface area contributed by atoms with Crippen LogP contribution in [-0.2, 0) is 4.79 Å². The molecule has 1 saturated heterocycles. The van der Waals surface area contributed by atoms with Gasteiger partial charge >= 0.3 is 0 Å². The predicted octanol–water partition coefficient (Wildman–Crippen LogP) is 1.90. The van der Waals surface area contributed by atoms with Crippen LogP contribution >= 0.6 is 0 Å². The van der Waals surface area contributed by atoms with Gasteiger partial charge in [-0.15, -0.1) is 0 Å². The average Bonchev–Trinajstić information content (AvgIpc) is 2.39. The summed E-state index contributed by atoms with van der Waals surface area (Å²) in [7, 11) is 0. The van der Waals surface area contributed by atoms with Crippen LogP contribution in [0.25, 0.3) is 0 Å². The smallest absolute Gasteiger partial charge is 0.222 e. The van der Waals surface area contributed by atoms with Crippen molar-refractivity contribution >= 4 is 17.9 Å². The molecular weight excluding hydrogens is 240 g/mol. The lowest BCUT2D eigenvalue weighted by Gasteiger charge is -2.39. The van der Waals surface area contributed by atoms with Crippen molar-refractivity contribution in [3.8, 4) is 0 Å². The first kappa shape index (κ1) is 13.6. The molecule has 0 aliphatic carbocycles. The molecule has 2 N–H and O–H groups in total. The van der Waals surface area contributed by atoms with E-state index in [0.717, 1.165) is 30.4 Å².